The maximum atomic E-state index is 12.3. The Kier molecular flexibility index (Phi) is 4.22. The third-order valence-electron chi connectivity index (χ3n) is 3.70. The van der Waals surface area contributed by atoms with Crippen LogP contribution < -0.4 is 0 Å². The Balaban J connectivity index is 1.75. The van der Waals surface area contributed by atoms with Crippen LogP contribution in [0.2, 0.25) is 0 Å². The Bertz CT molecular complexity index is 378. The van der Waals surface area contributed by atoms with Crippen molar-refractivity contribution in [1.29, 1.82) is 0 Å². The number of rotatable bonds is 1. The molecule has 0 unspecified atom stereocenters. The van der Waals surface area contributed by atoms with Crippen molar-refractivity contribution < 1.29 is 14.3 Å². The maximum Gasteiger partial charge on any atom is 0.410 e. The van der Waals surface area contributed by atoms with E-state index in [0.29, 0.717) is 13.1 Å². The monoisotopic (exact) mass is 283 g/mol. The number of likely N-dealkylation sites (N-methyl/N-ethyl adjacent to an activating group) is 1. The second-order valence-electron chi connectivity index (χ2n) is 6.71. The number of hydrogen-bond acceptors (Lipinski definition) is 4. The van der Waals surface area contributed by atoms with Crippen molar-refractivity contribution in [3.8, 4) is 0 Å². The molecule has 2 aliphatic rings. The van der Waals surface area contributed by atoms with Crippen LogP contribution in [0.4, 0.5) is 4.79 Å². The topological polar surface area (TPSA) is 53.1 Å². The summed E-state index contributed by atoms with van der Waals surface area (Å²) in [5.41, 5.74) is -0.483. The average molecular weight is 283 g/mol. The molecule has 0 aromatic carbocycles. The normalized spacial score (nSPS) is 21.6. The van der Waals surface area contributed by atoms with E-state index in [4.69, 9.17) is 4.74 Å². The predicted octanol–water partition coefficient (Wildman–Crippen LogP) is 0.627. The zero-order valence-corrected chi connectivity index (χ0v) is 12.9. The molecule has 6 nitrogen and oxygen atoms in total. The van der Waals surface area contributed by atoms with Crippen molar-refractivity contribution in [3.63, 3.8) is 0 Å². The number of amides is 2. The van der Waals surface area contributed by atoms with Crippen LogP contribution in [0.5, 0.6) is 0 Å². The summed E-state index contributed by atoms with van der Waals surface area (Å²) in [5.74, 6) is 0.129. The number of likely N-dealkylation sites (tertiary alicyclic amines) is 1. The first-order chi connectivity index (χ1) is 9.26. The second-order valence-corrected chi connectivity index (χ2v) is 6.71. The molecule has 0 atom stereocenters. The van der Waals surface area contributed by atoms with Crippen molar-refractivity contribution in [2.45, 2.75) is 26.4 Å². The van der Waals surface area contributed by atoms with Crippen molar-refractivity contribution in [1.82, 2.24) is 14.7 Å². The summed E-state index contributed by atoms with van der Waals surface area (Å²) in [6, 6.07) is 0. The molecule has 114 valence electrons. The molecule has 0 aromatic heterocycles. The number of piperazine rings is 1. The lowest BCUT2D eigenvalue weighted by Gasteiger charge is -2.42. The molecule has 0 spiro atoms. The zero-order chi connectivity index (χ0) is 14.9. The van der Waals surface area contributed by atoms with Gasteiger partial charge in [-0.3, -0.25) is 4.79 Å². The first-order valence-electron chi connectivity index (χ1n) is 7.21. The summed E-state index contributed by atoms with van der Waals surface area (Å²) in [6.07, 6.45) is -0.320. The number of hydrogen-bond donors (Lipinski definition) is 0. The minimum atomic E-state index is -0.483. The molecule has 6 heteroatoms. The van der Waals surface area contributed by atoms with E-state index in [9.17, 15) is 9.59 Å². The predicted molar refractivity (Wildman–Crippen MR) is 75.4 cm³/mol. The molecule has 2 aliphatic heterocycles. The summed E-state index contributed by atoms with van der Waals surface area (Å²) in [7, 11) is 2.06. The van der Waals surface area contributed by atoms with Gasteiger partial charge in [0.25, 0.3) is 0 Å². The Hall–Kier alpha value is -1.30. The van der Waals surface area contributed by atoms with Crippen molar-refractivity contribution >= 4 is 12.0 Å². The van der Waals surface area contributed by atoms with Crippen LogP contribution in [0.3, 0.4) is 0 Å². The highest BCUT2D eigenvalue weighted by atomic mass is 16.6. The van der Waals surface area contributed by atoms with Crippen LogP contribution in [-0.4, -0.2) is 78.6 Å². The summed E-state index contributed by atoms with van der Waals surface area (Å²) in [4.78, 5) is 29.8. The highest BCUT2D eigenvalue weighted by molar-refractivity contribution is 5.82. The number of nitrogens with zero attached hydrogens (tertiary/aromatic N) is 3. The molecule has 0 aromatic rings. The van der Waals surface area contributed by atoms with Gasteiger partial charge in [0.05, 0.1) is 5.92 Å². The quantitative estimate of drug-likeness (QED) is 0.708. The highest BCUT2D eigenvalue weighted by Crippen LogP contribution is 2.21. The molecule has 0 bridgehead atoms. The molecule has 0 N–H and O–H groups in total. The molecular weight excluding hydrogens is 258 g/mol. The van der Waals surface area contributed by atoms with Gasteiger partial charge in [-0.15, -0.1) is 0 Å². The first-order valence-corrected chi connectivity index (χ1v) is 7.21. The molecule has 0 saturated carbocycles. The largest absolute Gasteiger partial charge is 0.444 e. The van der Waals surface area contributed by atoms with E-state index in [2.05, 4.69) is 11.9 Å². The molecule has 2 amide bonds. The number of ether oxygens (including phenoxy) is 1. The fraction of sp³-hybridized carbons (Fsp3) is 0.857. The first kappa shape index (κ1) is 15.1. The second kappa shape index (κ2) is 5.60. The molecule has 2 rings (SSSR count). The lowest BCUT2D eigenvalue weighted by atomic mass is 9.98. The van der Waals surface area contributed by atoms with Gasteiger partial charge in [-0.2, -0.15) is 0 Å². The summed E-state index contributed by atoms with van der Waals surface area (Å²) in [5, 5.41) is 0. The Morgan fingerprint density at radius 2 is 1.55 bits per heavy atom. The third kappa shape index (κ3) is 3.62. The van der Waals surface area contributed by atoms with Crippen molar-refractivity contribution in [3.05, 3.63) is 0 Å². The van der Waals surface area contributed by atoms with Crippen molar-refractivity contribution in [2.75, 3.05) is 46.3 Å². The van der Waals surface area contributed by atoms with Gasteiger partial charge in [-0.1, -0.05) is 0 Å². The standard InChI is InChI=1S/C14H25N3O3/c1-14(2,3)20-13(19)17-9-11(10-17)12(18)16-7-5-15(4)6-8-16/h11H,5-10H2,1-4H3. The Labute approximate surface area is 120 Å². The minimum absolute atomic E-state index is 0.0501. The molecule has 0 radical (unpaired) electrons. The van der Waals surface area contributed by atoms with Crippen molar-refractivity contribution in [2.24, 2.45) is 5.92 Å². The Morgan fingerprint density at radius 3 is 2.05 bits per heavy atom. The summed E-state index contributed by atoms with van der Waals surface area (Å²) < 4.78 is 5.28. The lowest BCUT2D eigenvalue weighted by molar-refractivity contribution is -0.142. The van der Waals surface area contributed by atoms with Gasteiger partial charge in [0.15, 0.2) is 0 Å². The van der Waals surface area contributed by atoms with Gasteiger partial charge in [-0.05, 0) is 27.8 Å². The minimum Gasteiger partial charge on any atom is -0.444 e. The average Bonchev–Trinajstić information content (AvgIpc) is 2.25. The van der Waals surface area contributed by atoms with E-state index in [-0.39, 0.29) is 17.9 Å². The summed E-state index contributed by atoms with van der Waals surface area (Å²) >= 11 is 0. The van der Waals surface area contributed by atoms with Gasteiger partial charge in [-0.25, -0.2) is 4.79 Å². The van der Waals surface area contributed by atoms with E-state index in [0.717, 1.165) is 26.2 Å². The van der Waals surface area contributed by atoms with E-state index < -0.39 is 5.60 Å². The van der Waals surface area contributed by atoms with Crippen LogP contribution in [0.1, 0.15) is 20.8 Å². The van der Waals surface area contributed by atoms with Gasteiger partial charge >= 0.3 is 6.09 Å². The SMILES string of the molecule is CN1CCN(C(=O)C2CN(C(=O)OC(C)(C)C)C2)CC1. The molecule has 20 heavy (non-hydrogen) atoms. The van der Waals surface area contributed by atoms with Gasteiger partial charge in [0.2, 0.25) is 5.91 Å². The lowest BCUT2D eigenvalue weighted by Crippen LogP contribution is -2.59. The van der Waals surface area contributed by atoms with E-state index in [1.54, 1.807) is 4.90 Å². The van der Waals surface area contributed by atoms with Crippen LogP contribution in [0, 0.1) is 5.92 Å². The fourth-order valence-electron chi connectivity index (χ4n) is 2.40. The van der Waals surface area contributed by atoms with Crippen LogP contribution in [-0.2, 0) is 9.53 Å². The number of carbonyl (C=O) groups is 2. The van der Waals surface area contributed by atoms with E-state index in [1.165, 1.54) is 0 Å². The van der Waals surface area contributed by atoms with Gasteiger partial charge in [0, 0.05) is 39.3 Å². The molecular formula is C14H25N3O3. The zero-order valence-electron chi connectivity index (χ0n) is 12.9. The molecule has 2 heterocycles. The highest BCUT2D eigenvalue weighted by Gasteiger charge is 2.40. The van der Waals surface area contributed by atoms with E-state index in [1.807, 2.05) is 25.7 Å². The summed E-state index contributed by atoms with van der Waals surface area (Å²) in [6.45, 7) is 9.94. The number of carbonyl (C=O) groups excluding carboxylic acids is 2. The molecule has 0 aliphatic carbocycles. The van der Waals surface area contributed by atoms with Crippen LogP contribution >= 0.6 is 0 Å². The fourth-order valence-corrected chi connectivity index (χ4v) is 2.40. The molecule has 2 fully saturated rings. The third-order valence-corrected chi connectivity index (χ3v) is 3.70. The van der Waals surface area contributed by atoms with Gasteiger partial charge < -0.3 is 19.4 Å². The smallest absolute Gasteiger partial charge is 0.410 e. The molecule has 2 saturated heterocycles. The van der Waals surface area contributed by atoms with Crippen LogP contribution in [0.15, 0.2) is 0 Å². The van der Waals surface area contributed by atoms with Gasteiger partial charge in [0.1, 0.15) is 5.60 Å². The Morgan fingerprint density at radius 1 is 1.00 bits per heavy atom. The maximum absolute atomic E-state index is 12.3. The van der Waals surface area contributed by atoms with Crippen LogP contribution in [0.25, 0.3) is 0 Å². The van der Waals surface area contributed by atoms with E-state index >= 15 is 0 Å².